The molecule has 0 amide bonds. The largest absolute Gasteiger partial charge is 0.512 e. The number of hydrogen-bond donors (Lipinski definition) is 0. The highest BCUT2D eigenvalue weighted by molar-refractivity contribution is 8.34. The average molecular weight is 232 g/mol. The molecule has 0 saturated carbocycles. The standard InChI is InChI=1S/C12H9OPS/c15-14-12-8-4-2-6-10(12)9-5-1-3-7-11(9)13-14/h1-8,14H. The summed E-state index contributed by atoms with van der Waals surface area (Å²) in [4.78, 5) is 0. The fourth-order valence-electron chi connectivity index (χ4n) is 1.83. The Hall–Kier alpha value is -0.980. The van der Waals surface area contributed by atoms with Gasteiger partial charge in [-0.25, -0.2) is 0 Å². The van der Waals surface area contributed by atoms with E-state index in [0.29, 0.717) is 0 Å². The van der Waals surface area contributed by atoms with Gasteiger partial charge in [-0.05, 0) is 12.1 Å². The van der Waals surface area contributed by atoms with Gasteiger partial charge < -0.3 is 16.8 Å². The molecule has 0 fully saturated rings. The van der Waals surface area contributed by atoms with Crippen LogP contribution in [0.4, 0.5) is 0 Å². The van der Waals surface area contributed by atoms with Crippen molar-refractivity contribution in [2.75, 3.05) is 0 Å². The van der Waals surface area contributed by atoms with E-state index in [0.717, 1.165) is 11.3 Å². The zero-order valence-corrected chi connectivity index (χ0v) is 9.75. The lowest BCUT2D eigenvalue weighted by Gasteiger charge is -2.24. The first kappa shape index (κ1) is 9.26. The van der Waals surface area contributed by atoms with Gasteiger partial charge in [0.15, 0.2) is 5.75 Å². The molecule has 0 aliphatic carbocycles. The summed E-state index contributed by atoms with van der Waals surface area (Å²) in [5.41, 5.74) is 2.40. The zero-order chi connectivity index (χ0) is 10.3. The molecule has 0 saturated heterocycles. The van der Waals surface area contributed by atoms with Gasteiger partial charge in [0.2, 0.25) is 0 Å². The number of para-hydroxylation sites is 1. The average Bonchev–Trinajstić information content (AvgIpc) is 2.30. The molecule has 15 heavy (non-hydrogen) atoms. The Bertz CT molecular complexity index is 512. The Balaban J connectivity index is 2.30. The van der Waals surface area contributed by atoms with Crippen molar-refractivity contribution in [1.82, 2.24) is 0 Å². The summed E-state index contributed by atoms with van der Waals surface area (Å²) < 4.78 is 5.77. The van der Waals surface area contributed by atoms with Gasteiger partial charge in [-0.1, -0.05) is 36.4 Å². The second kappa shape index (κ2) is 3.55. The molecule has 2 aromatic rings. The maximum atomic E-state index is 5.77. The van der Waals surface area contributed by atoms with E-state index >= 15 is 0 Å². The monoisotopic (exact) mass is 232 g/mol. The molecule has 1 nitrogen and oxygen atoms in total. The molecular formula is C12H9OPS. The van der Waals surface area contributed by atoms with Crippen molar-refractivity contribution < 1.29 is 4.52 Å². The molecule has 3 heteroatoms. The van der Waals surface area contributed by atoms with E-state index in [9.17, 15) is 0 Å². The highest BCUT2D eigenvalue weighted by atomic mass is 32.7. The second-order valence-corrected chi connectivity index (χ2v) is 5.86. The van der Waals surface area contributed by atoms with Crippen LogP contribution in [0.3, 0.4) is 0 Å². The topological polar surface area (TPSA) is 9.23 Å². The first-order valence-electron chi connectivity index (χ1n) is 4.77. The maximum Gasteiger partial charge on any atom is 0.178 e. The van der Waals surface area contributed by atoms with Gasteiger partial charge in [-0.15, -0.1) is 0 Å². The Kier molecular flexibility index (Phi) is 2.19. The molecule has 0 aromatic heterocycles. The summed E-state index contributed by atoms with van der Waals surface area (Å²) in [7, 11) is -1.28. The summed E-state index contributed by atoms with van der Waals surface area (Å²) in [6.45, 7) is 0. The van der Waals surface area contributed by atoms with Crippen LogP contribution in [0, 0.1) is 0 Å². The first-order chi connectivity index (χ1) is 7.36. The molecule has 0 radical (unpaired) electrons. The number of benzene rings is 2. The first-order valence-corrected chi connectivity index (χ1v) is 7.31. The minimum absolute atomic E-state index is 0.931. The third kappa shape index (κ3) is 1.45. The summed E-state index contributed by atoms with van der Waals surface area (Å²) in [6, 6.07) is 16.3. The highest BCUT2D eigenvalue weighted by Crippen LogP contribution is 2.46. The SMILES string of the molecule is [S-][PH+]1Oc2ccccc2-c2ccccc21. The van der Waals surface area contributed by atoms with E-state index in [1.54, 1.807) is 0 Å². The lowest BCUT2D eigenvalue weighted by atomic mass is 10.0. The van der Waals surface area contributed by atoms with E-state index in [-0.39, 0.29) is 0 Å². The molecule has 1 aliphatic heterocycles. The maximum absolute atomic E-state index is 5.77. The van der Waals surface area contributed by atoms with Gasteiger partial charge in [0.05, 0.1) is 7.35 Å². The van der Waals surface area contributed by atoms with Gasteiger partial charge in [-0.3, -0.25) is 0 Å². The molecule has 0 N–H and O–H groups in total. The highest BCUT2D eigenvalue weighted by Gasteiger charge is 2.23. The zero-order valence-electron chi connectivity index (χ0n) is 7.94. The predicted molar refractivity (Wildman–Crippen MR) is 67.8 cm³/mol. The van der Waals surface area contributed by atoms with Crippen LogP contribution in [0.1, 0.15) is 0 Å². The summed E-state index contributed by atoms with van der Waals surface area (Å²) in [6.07, 6.45) is 0. The normalized spacial score (nSPS) is 17.5. The Morgan fingerprint density at radius 2 is 1.53 bits per heavy atom. The van der Waals surface area contributed by atoms with Gasteiger partial charge in [0, 0.05) is 11.1 Å². The van der Waals surface area contributed by atoms with E-state index in [4.69, 9.17) is 16.8 Å². The van der Waals surface area contributed by atoms with Crippen LogP contribution < -0.4 is 9.83 Å². The quantitative estimate of drug-likeness (QED) is 0.510. The summed E-state index contributed by atoms with van der Waals surface area (Å²) in [5, 5.41) is 1.19. The van der Waals surface area contributed by atoms with Crippen LogP contribution in [0.2, 0.25) is 0 Å². The third-order valence-electron chi connectivity index (χ3n) is 2.53. The van der Waals surface area contributed by atoms with Gasteiger partial charge in [-0.2, -0.15) is 0 Å². The van der Waals surface area contributed by atoms with Crippen LogP contribution in [0.25, 0.3) is 11.1 Å². The summed E-state index contributed by atoms with van der Waals surface area (Å²) in [5.74, 6) is 0.931. The molecule has 0 spiro atoms. The molecule has 1 atom stereocenters. The van der Waals surface area contributed by atoms with Crippen molar-refractivity contribution >= 4 is 24.9 Å². The minimum atomic E-state index is -1.28. The summed E-state index contributed by atoms with van der Waals surface area (Å²) >= 11 is 5.40. The molecule has 74 valence electrons. The number of rotatable bonds is 0. The van der Waals surface area contributed by atoms with Gasteiger partial charge in [0.1, 0.15) is 5.30 Å². The van der Waals surface area contributed by atoms with Crippen LogP contribution >= 0.6 is 7.35 Å². The predicted octanol–water partition coefficient (Wildman–Crippen LogP) is 2.96. The molecule has 2 aromatic carbocycles. The van der Waals surface area contributed by atoms with Crippen molar-refractivity contribution in [3.8, 4) is 16.9 Å². The van der Waals surface area contributed by atoms with Crippen molar-refractivity contribution in [2.45, 2.75) is 0 Å². The van der Waals surface area contributed by atoms with Crippen LogP contribution in [-0.4, -0.2) is 0 Å². The smallest absolute Gasteiger partial charge is 0.178 e. The van der Waals surface area contributed by atoms with Gasteiger partial charge in [0.25, 0.3) is 0 Å². The van der Waals surface area contributed by atoms with E-state index in [1.807, 2.05) is 30.3 Å². The molecule has 3 rings (SSSR count). The van der Waals surface area contributed by atoms with E-state index in [1.165, 1.54) is 10.9 Å². The number of hydrogen-bond acceptors (Lipinski definition) is 2. The lowest BCUT2D eigenvalue weighted by Crippen LogP contribution is -2.12. The van der Waals surface area contributed by atoms with Crippen LogP contribution in [0.15, 0.2) is 48.5 Å². The lowest BCUT2D eigenvalue weighted by molar-refractivity contribution is 0.634. The van der Waals surface area contributed by atoms with E-state index in [2.05, 4.69) is 18.2 Å². The number of fused-ring (bicyclic) bond motifs is 3. The van der Waals surface area contributed by atoms with Crippen molar-refractivity contribution in [2.24, 2.45) is 0 Å². The molecular weight excluding hydrogens is 223 g/mol. The molecule has 1 aliphatic rings. The van der Waals surface area contributed by atoms with E-state index < -0.39 is 7.35 Å². The fourth-order valence-corrected chi connectivity index (χ4v) is 3.79. The second-order valence-electron chi connectivity index (χ2n) is 3.43. The molecule has 1 unspecified atom stereocenters. The minimum Gasteiger partial charge on any atom is -0.512 e. The van der Waals surface area contributed by atoms with Crippen LogP contribution in [-0.2, 0) is 12.2 Å². The van der Waals surface area contributed by atoms with Crippen molar-refractivity contribution in [3.63, 3.8) is 0 Å². The van der Waals surface area contributed by atoms with Crippen LogP contribution in [0.5, 0.6) is 5.75 Å². The Morgan fingerprint density at radius 1 is 0.867 bits per heavy atom. The Morgan fingerprint density at radius 3 is 2.40 bits per heavy atom. The molecule has 0 bridgehead atoms. The van der Waals surface area contributed by atoms with Crippen molar-refractivity contribution in [1.29, 1.82) is 0 Å². The third-order valence-corrected chi connectivity index (χ3v) is 4.72. The van der Waals surface area contributed by atoms with Crippen molar-refractivity contribution in [3.05, 3.63) is 48.5 Å². The van der Waals surface area contributed by atoms with Gasteiger partial charge >= 0.3 is 0 Å². The fraction of sp³-hybridized carbons (Fsp3) is 0. The molecule has 1 heterocycles. The Labute approximate surface area is 95.1 Å².